The second-order valence-corrected chi connectivity index (χ2v) is 3.74. The molecule has 1 amide bonds. The molecule has 0 aliphatic carbocycles. The monoisotopic (exact) mass is 279 g/mol. The molecule has 0 aromatic heterocycles. The van der Waals surface area contributed by atoms with E-state index in [4.69, 9.17) is 14.6 Å². The number of likely N-dealkylation sites (N-methyl/N-ethyl adjacent to an activating group) is 1. The number of aliphatic carboxylic acids is 1. The van der Waals surface area contributed by atoms with Crippen LogP contribution < -0.4 is 14.8 Å². The highest BCUT2D eigenvalue weighted by atomic mass is 16.5. The van der Waals surface area contributed by atoms with E-state index in [-0.39, 0.29) is 12.5 Å². The Balaban J connectivity index is 3.05. The molecule has 0 radical (unpaired) electrons. The summed E-state index contributed by atoms with van der Waals surface area (Å²) in [5.74, 6) is -0.548. The molecule has 0 atom stereocenters. The molecule has 0 unspecified atom stereocenters. The molecule has 6 heteroatoms. The molecular formula is C14H17NO5. The van der Waals surface area contributed by atoms with Gasteiger partial charge in [0.25, 0.3) is 5.91 Å². The maximum Gasteiger partial charge on any atom is 0.328 e. The van der Waals surface area contributed by atoms with E-state index in [9.17, 15) is 9.59 Å². The minimum absolute atomic E-state index is 0.172. The number of hydrogen-bond donors (Lipinski definition) is 2. The van der Waals surface area contributed by atoms with E-state index < -0.39 is 5.97 Å². The molecular weight excluding hydrogens is 262 g/mol. The molecule has 6 nitrogen and oxygen atoms in total. The van der Waals surface area contributed by atoms with Crippen LogP contribution in [0.25, 0.3) is 6.08 Å². The average Bonchev–Trinajstić information content (AvgIpc) is 2.43. The molecule has 2 N–H and O–H groups in total. The molecule has 20 heavy (non-hydrogen) atoms. The van der Waals surface area contributed by atoms with E-state index in [0.29, 0.717) is 23.7 Å². The van der Waals surface area contributed by atoms with Crippen molar-refractivity contribution < 1.29 is 24.2 Å². The zero-order valence-electron chi connectivity index (χ0n) is 11.4. The van der Waals surface area contributed by atoms with Crippen LogP contribution in [0.4, 0.5) is 0 Å². The second kappa shape index (κ2) is 7.83. The van der Waals surface area contributed by atoms with Gasteiger partial charge in [-0.2, -0.15) is 0 Å². The Morgan fingerprint density at radius 1 is 1.35 bits per heavy atom. The fourth-order valence-electron chi connectivity index (χ4n) is 1.46. The summed E-state index contributed by atoms with van der Waals surface area (Å²) in [5.41, 5.74) is 0.530. The number of carboxylic acids is 1. The van der Waals surface area contributed by atoms with Crippen molar-refractivity contribution >= 4 is 18.0 Å². The number of para-hydroxylation sites is 1. The predicted octanol–water partition coefficient (Wildman–Crippen LogP) is 1.31. The maximum atomic E-state index is 11.2. The van der Waals surface area contributed by atoms with Crippen molar-refractivity contribution in [3.05, 3.63) is 29.8 Å². The van der Waals surface area contributed by atoms with Gasteiger partial charge in [0.2, 0.25) is 0 Å². The summed E-state index contributed by atoms with van der Waals surface area (Å²) in [6, 6.07) is 5.10. The number of amides is 1. The molecule has 0 aliphatic rings. The fraction of sp³-hybridized carbons (Fsp3) is 0.286. The molecule has 0 heterocycles. The van der Waals surface area contributed by atoms with Crippen LogP contribution in [0, 0.1) is 0 Å². The van der Waals surface area contributed by atoms with Crippen molar-refractivity contribution in [2.75, 3.05) is 20.3 Å². The lowest BCUT2D eigenvalue weighted by atomic mass is 10.1. The van der Waals surface area contributed by atoms with E-state index in [1.807, 2.05) is 6.92 Å². The Kier molecular flexibility index (Phi) is 6.09. The van der Waals surface area contributed by atoms with Gasteiger partial charge in [0.15, 0.2) is 18.1 Å². The van der Waals surface area contributed by atoms with E-state index in [1.165, 1.54) is 13.1 Å². The van der Waals surface area contributed by atoms with Gasteiger partial charge in [-0.15, -0.1) is 0 Å². The van der Waals surface area contributed by atoms with Gasteiger partial charge in [0, 0.05) is 18.7 Å². The second-order valence-electron chi connectivity index (χ2n) is 3.74. The lowest BCUT2D eigenvalue weighted by Gasteiger charge is -2.13. The van der Waals surface area contributed by atoms with Crippen molar-refractivity contribution in [1.82, 2.24) is 5.32 Å². The summed E-state index contributed by atoms with van der Waals surface area (Å²) in [6.07, 6.45) is 2.39. The molecule has 1 rings (SSSR count). The normalized spacial score (nSPS) is 10.3. The predicted molar refractivity (Wildman–Crippen MR) is 73.8 cm³/mol. The van der Waals surface area contributed by atoms with Gasteiger partial charge in [-0.3, -0.25) is 4.79 Å². The van der Waals surface area contributed by atoms with E-state index >= 15 is 0 Å². The molecule has 0 spiro atoms. The van der Waals surface area contributed by atoms with Crippen LogP contribution in [0.2, 0.25) is 0 Å². The molecule has 0 aliphatic heterocycles. The van der Waals surface area contributed by atoms with Crippen LogP contribution in [0.3, 0.4) is 0 Å². The SMILES string of the molecule is CCOc1cccc(/C=C/C(=O)O)c1OCC(=O)NC. The summed E-state index contributed by atoms with van der Waals surface area (Å²) < 4.78 is 10.8. The molecule has 1 aromatic rings. The van der Waals surface area contributed by atoms with Gasteiger partial charge < -0.3 is 19.9 Å². The van der Waals surface area contributed by atoms with Gasteiger partial charge in [-0.1, -0.05) is 12.1 Å². The number of nitrogens with one attached hydrogen (secondary N) is 1. The Bertz CT molecular complexity index is 510. The number of ether oxygens (including phenoxy) is 2. The first-order valence-corrected chi connectivity index (χ1v) is 6.08. The highest BCUT2D eigenvalue weighted by Crippen LogP contribution is 2.32. The number of hydrogen-bond acceptors (Lipinski definition) is 4. The number of carbonyl (C=O) groups excluding carboxylic acids is 1. The molecule has 0 saturated carbocycles. The highest BCUT2D eigenvalue weighted by Gasteiger charge is 2.11. The zero-order valence-corrected chi connectivity index (χ0v) is 11.4. The summed E-state index contributed by atoms with van der Waals surface area (Å²) in [6.45, 7) is 2.08. The van der Waals surface area contributed by atoms with Crippen molar-refractivity contribution in [2.45, 2.75) is 6.92 Å². The summed E-state index contributed by atoms with van der Waals surface area (Å²) in [4.78, 5) is 21.8. The third-order valence-corrected chi connectivity index (χ3v) is 2.34. The lowest BCUT2D eigenvalue weighted by Crippen LogP contribution is -2.25. The maximum absolute atomic E-state index is 11.2. The fourth-order valence-corrected chi connectivity index (χ4v) is 1.46. The Hall–Kier alpha value is -2.50. The van der Waals surface area contributed by atoms with E-state index in [0.717, 1.165) is 6.08 Å². The number of benzene rings is 1. The topological polar surface area (TPSA) is 84.9 Å². The minimum Gasteiger partial charge on any atom is -0.490 e. The van der Waals surface area contributed by atoms with Gasteiger partial charge >= 0.3 is 5.97 Å². The van der Waals surface area contributed by atoms with Crippen molar-refractivity contribution in [3.8, 4) is 11.5 Å². The van der Waals surface area contributed by atoms with Crippen molar-refractivity contribution in [2.24, 2.45) is 0 Å². The van der Waals surface area contributed by atoms with Crippen LogP contribution in [0.1, 0.15) is 12.5 Å². The lowest BCUT2D eigenvalue weighted by molar-refractivity contribution is -0.131. The standard InChI is InChI=1S/C14H17NO5/c1-3-19-11-6-4-5-10(7-8-13(17)18)14(11)20-9-12(16)15-2/h4-8H,3,9H2,1-2H3,(H,15,16)(H,17,18)/b8-7+. The Morgan fingerprint density at radius 2 is 2.10 bits per heavy atom. The minimum atomic E-state index is -1.07. The van der Waals surface area contributed by atoms with Crippen LogP contribution in [-0.2, 0) is 9.59 Å². The summed E-state index contributed by atoms with van der Waals surface area (Å²) in [5, 5.41) is 11.1. The molecule has 0 bridgehead atoms. The molecule has 1 aromatic carbocycles. The van der Waals surface area contributed by atoms with Gasteiger partial charge in [-0.05, 0) is 19.1 Å². The highest BCUT2D eigenvalue weighted by molar-refractivity contribution is 5.86. The molecule has 0 saturated heterocycles. The first kappa shape index (κ1) is 15.6. The smallest absolute Gasteiger partial charge is 0.328 e. The third kappa shape index (κ3) is 4.64. The number of rotatable bonds is 7. The van der Waals surface area contributed by atoms with Crippen molar-refractivity contribution in [3.63, 3.8) is 0 Å². The van der Waals surface area contributed by atoms with Gasteiger partial charge in [-0.25, -0.2) is 4.79 Å². The largest absolute Gasteiger partial charge is 0.490 e. The van der Waals surface area contributed by atoms with Crippen molar-refractivity contribution in [1.29, 1.82) is 0 Å². The van der Waals surface area contributed by atoms with Crippen LogP contribution in [0.15, 0.2) is 24.3 Å². The third-order valence-electron chi connectivity index (χ3n) is 2.34. The van der Waals surface area contributed by atoms with Crippen LogP contribution >= 0.6 is 0 Å². The van der Waals surface area contributed by atoms with E-state index in [1.54, 1.807) is 18.2 Å². The Morgan fingerprint density at radius 3 is 2.70 bits per heavy atom. The first-order valence-electron chi connectivity index (χ1n) is 6.08. The molecule has 108 valence electrons. The Labute approximate surface area is 117 Å². The zero-order chi connectivity index (χ0) is 15.0. The summed E-state index contributed by atoms with van der Waals surface area (Å²) >= 11 is 0. The summed E-state index contributed by atoms with van der Waals surface area (Å²) in [7, 11) is 1.51. The van der Waals surface area contributed by atoms with E-state index in [2.05, 4.69) is 5.32 Å². The average molecular weight is 279 g/mol. The number of carbonyl (C=O) groups is 2. The van der Waals surface area contributed by atoms with Crippen LogP contribution in [0.5, 0.6) is 11.5 Å². The van der Waals surface area contributed by atoms with Gasteiger partial charge in [0.05, 0.1) is 6.61 Å². The van der Waals surface area contributed by atoms with Gasteiger partial charge in [0.1, 0.15) is 0 Å². The number of carboxylic acid groups (broad SMARTS) is 1. The molecule has 0 fully saturated rings. The first-order chi connectivity index (χ1) is 9.58. The quantitative estimate of drug-likeness (QED) is 0.735. The van der Waals surface area contributed by atoms with Crippen LogP contribution in [-0.4, -0.2) is 37.2 Å².